The average molecular weight is 259 g/mol. The standard InChI is InChI=1S/C17H25NO/c1-18-16(15-12-14-10-11-17(15)19-14)9-5-8-13-6-3-2-4-7-13/h2-4,6-7,14-18H,5,8-12H2,1H3. The number of fused-ring (bicyclic) bond motifs is 2. The lowest BCUT2D eigenvalue weighted by Crippen LogP contribution is -2.38. The van der Waals surface area contributed by atoms with Crippen LogP contribution in [0.2, 0.25) is 0 Å². The van der Waals surface area contributed by atoms with Crippen LogP contribution >= 0.6 is 0 Å². The molecule has 3 rings (SSSR count). The zero-order valence-corrected chi connectivity index (χ0v) is 11.8. The lowest BCUT2D eigenvalue weighted by atomic mass is 9.82. The van der Waals surface area contributed by atoms with Gasteiger partial charge in [-0.3, -0.25) is 0 Å². The van der Waals surface area contributed by atoms with Gasteiger partial charge in [0, 0.05) is 12.0 Å². The monoisotopic (exact) mass is 259 g/mol. The molecule has 2 nitrogen and oxygen atoms in total. The summed E-state index contributed by atoms with van der Waals surface area (Å²) < 4.78 is 5.99. The molecular weight excluding hydrogens is 234 g/mol. The molecule has 2 aliphatic heterocycles. The van der Waals surface area contributed by atoms with E-state index in [1.165, 1.54) is 44.1 Å². The van der Waals surface area contributed by atoms with Crippen molar-refractivity contribution in [2.45, 2.75) is 56.8 Å². The van der Waals surface area contributed by atoms with Gasteiger partial charge in [0.25, 0.3) is 0 Å². The van der Waals surface area contributed by atoms with Gasteiger partial charge in [-0.25, -0.2) is 0 Å². The molecule has 1 N–H and O–H groups in total. The van der Waals surface area contributed by atoms with Crippen molar-refractivity contribution in [3.63, 3.8) is 0 Å². The Bertz CT molecular complexity index is 392. The van der Waals surface area contributed by atoms with Gasteiger partial charge in [0.15, 0.2) is 0 Å². The van der Waals surface area contributed by atoms with E-state index in [0.29, 0.717) is 18.2 Å². The van der Waals surface area contributed by atoms with Crippen LogP contribution in [-0.2, 0) is 11.2 Å². The highest BCUT2D eigenvalue weighted by molar-refractivity contribution is 5.14. The van der Waals surface area contributed by atoms with E-state index in [-0.39, 0.29) is 0 Å². The third-order valence-electron chi connectivity index (χ3n) is 4.86. The molecule has 2 bridgehead atoms. The van der Waals surface area contributed by atoms with Crippen molar-refractivity contribution >= 4 is 0 Å². The summed E-state index contributed by atoms with van der Waals surface area (Å²) in [6.07, 6.45) is 8.70. The van der Waals surface area contributed by atoms with Gasteiger partial charge in [0.05, 0.1) is 12.2 Å². The molecule has 0 saturated carbocycles. The van der Waals surface area contributed by atoms with E-state index >= 15 is 0 Å². The summed E-state index contributed by atoms with van der Waals surface area (Å²) in [4.78, 5) is 0. The predicted octanol–water partition coefficient (Wildman–Crippen LogP) is 3.16. The van der Waals surface area contributed by atoms with Crippen LogP contribution in [0.25, 0.3) is 0 Å². The van der Waals surface area contributed by atoms with E-state index in [1.807, 2.05) is 0 Å². The summed E-state index contributed by atoms with van der Waals surface area (Å²) in [6, 6.07) is 11.5. The third kappa shape index (κ3) is 3.01. The van der Waals surface area contributed by atoms with Crippen molar-refractivity contribution in [3.8, 4) is 0 Å². The largest absolute Gasteiger partial charge is 0.375 e. The van der Waals surface area contributed by atoms with Crippen LogP contribution in [0.1, 0.15) is 37.7 Å². The van der Waals surface area contributed by atoms with Crippen LogP contribution in [-0.4, -0.2) is 25.3 Å². The summed E-state index contributed by atoms with van der Waals surface area (Å²) in [5.74, 6) is 0.750. The molecule has 4 atom stereocenters. The van der Waals surface area contributed by atoms with Gasteiger partial charge in [-0.2, -0.15) is 0 Å². The Morgan fingerprint density at radius 3 is 2.74 bits per heavy atom. The van der Waals surface area contributed by atoms with Gasteiger partial charge in [-0.1, -0.05) is 30.3 Å². The number of nitrogens with one attached hydrogen (secondary N) is 1. The van der Waals surface area contributed by atoms with E-state index in [0.717, 1.165) is 5.92 Å². The van der Waals surface area contributed by atoms with Crippen molar-refractivity contribution in [1.82, 2.24) is 5.32 Å². The van der Waals surface area contributed by atoms with Crippen molar-refractivity contribution in [1.29, 1.82) is 0 Å². The summed E-state index contributed by atoms with van der Waals surface area (Å²) in [5, 5.41) is 3.54. The second-order valence-electron chi connectivity index (χ2n) is 6.05. The van der Waals surface area contributed by atoms with Gasteiger partial charge in [0.1, 0.15) is 0 Å². The number of aryl methyl sites for hydroxylation is 1. The summed E-state index contributed by atoms with van der Waals surface area (Å²) in [5.41, 5.74) is 1.46. The highest BCUT2D eigenvalue weighted by Gasteiger charge is 2.43. The Kier molecular flexibility index (Phi) is 4.19. The lowest BCUT2D eigenvalue weighted by molar-refractivity contribution is 0.0854. The van der Waals surface area contributed by atoms with Crippen molar-refractivity contribution in [3.05, 3.63) is 35.9 Å². The molecule has 0 aliphatic carbocycles. The highest BCUT2D eigenvalue weighted by atomic mass is 16.5. The number of hydrogen-bond acceptors (Lipinski definition) is 2. The zero-order chi connectivity index (χ0) is 13.1. The van der Waals surface area contributed by atoms with Gasteiger partial charge in [0.2, 0.25) is 0 Å². The van der Waals surface area contributed by atoms with Crippen LogP contribution in [0.3, 0.4) is 0 Å². The van der Waals surface area contributed by atoms with E-state index in [4.69, 9.17) is 4.74 Å². The molecule has 1 aromatic rings. The maximum Gasteiger partial charge on any atom is 0.0623 e. The van der Waals surface area contributed by atoms with E-state index in [2.05, 4.69) is 42.7 Å². The molecule has 4 unspecified atom stereocenters. The molecular formula is C17H25NO. The Balaban J connectivity index is 1.48. The fourth-order valence-electron chi connectivity index (χ4n) is 3.84. The molecule has 104 valence electrons. The second-order valence-corrected chi connectivity index (χ2v) is 6.05. The van der Waals surface area contributed by atoms with E-state index in [9.17, 15) is 0 Å². The molecule has 1 aromatic carbocycles. The minimum absolute atomic E-state index is 0.541. The SMILES string of the molecule is CNC(CCCc1ccccc1)C1CC2CCC1O2. The smallest absolute Gasteiger partial charge is 0.0623 e. The first-order valence-corrected chi connectivity index (χ1v) is 7.73. The number of hydrogen-bond donors (Lipinski definition) is 1. The number of ether oxygens (including phenoxy) is 1. The molecule has 2 aliphatic rings. The average Bonchev–Trinajstić information content (AvgIpc) is 3.07. The molecule has 2 saturated heterocycles. The fourth-order valence-corrected chi connectivity index (χ4v) is 3.84. The summed E-state index contributed by atoms with van der Waals surface area (Å²) in [7, 11) is 2.11. The van der Waals surface area contributed by atoms with Crippen molar-refractivity contribution in [2.75, 3.05) is 7.05 Å². The molecule has 0 spiro atoms. The highest BCUT2D eigenvalue weighted by Crippen LogP contribution is 2.41. The minimum atomic E-state index is 0.541. The zero-order valence-electron chi connectivity index (χ0n) is 11.8. The molecule has 0 radical (unpaired) electrons. The second kappa shape index (κ2) is 6.06. The van der Waals surface area contributed by atoms with Crippen LogP contribution in [0, 0.1) is 5.92 Å². The predicted molar refractivity (Wildman–Crippen MR) is 78.2 cm³/mol. The van der Waals surface area contributed by atoms with Crippen molar-refractivity contribution < 1.29 is 4.74 Å². The first-order chi connectivity index (χ1) is 9.36. The topological polar surface area (TPSA) is 21.3 Å². The summed E-state index contributed by atoms with van der Waals surface area (Å²) in [6.45, 7) is 0. The number of rotatable bonds is 6. The maximum absolute atomic E-state index is 5.99. The third-order valence-corrected chi connectivity index (χ3v) is 4.86. The fraction of sp³-hybridized carbons (Fsp3) is 0.647. The quantitative estimate of drug-likeness (QED) is 0.847. The van der Waals surface area contributed by atoms with E-state index in [1.54, 1.807) is 0 Å². The normalized spacial score (nSPS) is 30.7. The number of benzene rings is 1. The summed E-state index contributed by atoms with van der Waals surface area (Å²) >= 11 is 0. The van der Waals surface area contributed by atoms with E-state index < -0.39 is 0 Å². The first-order valence-electron chi connectivity index (χ1n) is 7.73. The van der Waals surface area contributed by atoms with Crippen LogP contribution < -0.4 is 5.32 Å². The molecule has 0 amide bonds. The first kappa shape index (κ1) is 13.1. The Morgan fingerprint density at radius 1 is 1.26 bits per heavy atom. The van der Waals surface area contributed by atoms with Crippen LogP contribution in [0.15, 0.2) is 30.3 Å². The van der Waals surface area contributed by atoms with Crippen molar-refractivity contribution in [2.24, 2.45) is 5.92 Å². The van der Waals surface area contributed by atoms with Crippen LogP contribution in [0.5, 0.6) is 0 Å². The molecule has 2 heterocycles. The van der Waals surface area contributed by atoms with Gasteiger partial charge < -0.3 is 10.1 Å². The Labute approximate surface area is 116 Å². The van der Waals surface area contributed by atoms with Gasteiger partial charge >= 0.3 is 0 Å². The van der Waals surface area contributed by atoms with Gasteiger partial charge in [-0.15, -0.1) is 0 Å². The van der Waals surface area contributed by atoms with Gasteiger partial charge in [-0.05, 0) is 51.1 Å². The Hall–Kier alpha value is -0.860. The molecule has 0 aromatic heterocycles. The maximum atomic E-state index is 5.99. The molecule has 2 fully saturated rings. The Morgan fingerprint density at radius 2 is 2.11 bits per heavy atom. The minimum Gasteiger partial charge on any atom is -0.375 e. The lowest BCUT2D eigenvalue weighted by Gasteiger charge is -2.28. The van der Waals surface area contributed by atoms with Crippen LogP contribution in [0.4, 0.5) is 0 Å². The molecule has 2 heteroatoms. The molecule has 19 heavy (non-hydrogen) atoms.